The fraction of sp³-hybridized carbons (Fsp3) is 0.300. The third-order valence-corrected chi connectivity index (χ3v) is 3.87. The largest absolute Gasteiger partial charge is 0.478 e. The van der Waals surface area contributed by atoms with Crippen LogP contribution in [0.1, 0.15) is 40.5 Å². The molecule has 2 rings (SSSR count). The Morgan fingerprint density at radius 1 is 0.963 bits per heavy atom. The van der Waals surface area contributed by atoms with Crippen LogP contribution in [0.25, 0.3) is 0 Å². The molecule has 4 nitrogen and oxygen atoms in total. The number of carbonyl (C=O) groups excluding carboxylic acids is 1. The smallest absolute Gasteiger partial charge is 0.389 e. The molecule has 0 saturated heterocycles. The molecule has 0 aliphatic carbocycles. The van der Waals surface area contributed by atoms with E-state index in [1.54, 1.807) is 67.6 Å². The number of rotatable bonds is 5. The van der Waals surface area contributed by atoms with Crippen LogP contribution in [-0.4, -0.2) is 41.1 Å². The lowest BCUT2D eigenvalue weighted by Crippen LogP contribution is -2.35. The molecule has 0 spiro atoms. The van der Waals surface area contributed by atoms with Crippen LogP contribution in [0.2, 0.25) is 0 Å². The van der Waals surface area contributed by atoms with Crippen LogP contribution in [0.4, 0.5) is 13.2 Å². The van der Waals surface area contributed by atoms with E-state index < -0.39 is 24.6 Å². The second-order valence-corrected chi connectivity index (χ2v) is 5.96. The van der Waals surface area contributed by atoms with Crippen molar-refractivity contribution in [2.45, 2.75) is 32.0 Å². The minimum absolute atomic E-state index is 0.0847. The maximum atomic E-state index is 12.1. The SMILES string of the molecule is CC(CCC(F)(F)F)N(C)C(=O)c1ccccc1.O=C(O)c1ccccc1. The molecule has 0 radical (unpaired) electrons. The highest BCUT2D eigenvalue weighted by atomic mass is 19.4. The van der Waals surface area contributed by atoms with E-state index in [9.17, 15) is 22.8 Å². The summed E-state index contributed by atoms with van der Waals surface area (Å²) in [5, 5.41) is 8.38. The molecule has 2 aromatic rings. The normalized spacial score (nSPS) is 11.7. The number of alkyl halides is 3. The molecule has 0 saturated carbocycles. The summed E-state index contributed by atoms with van der Waals surface area (Å²) in [7, 11) is 1.52. The zero-order valence-corrected chi connectivity index (χ0v) is 15.1. The van der Waals surface area contributed by atoms with Crippen LogP contribution in [0.3, 0.4) is 0 Å². The number of aromatic carboxylic acids is 1. The Morgan fingerprint density at radius 2 is 1.41 bits per heavy atom. The highest BCUT2D eigenvalue weighted by molar-refractivity contribution is 5.94. The first-order valence-electron chi connectivity index (χ1n) is 8.29. The molecule has 0 aromatic heterocycles. The first kappa shape index (κ1) is 22.2. The highest BCUT2D eigenvalue weighted by Gasteiger charge is 2.29. The maximum absolute atomic E-state index is 12.1. The Hall–Kier alpha value is -2.83. The Balaban J connectivity index is 0.000000337. The van der Waals surface area contributed by atoms with Gasteiger partial charge >= 0.3 is 12.1 Å². The molecule has 146 valence electrons. The number of benzene rings is 2. The van der Waals surface area contributed by atoms with E-state index in [1.165, 1.54) is 11.9 Å². The number of halogens is 3. The summed E-state index contributed by atoms with van der Waals surface area (Å²) < 4.78 is 36.3. The van der Waals surface area contributed by atoms with Gasteiger partial charge in [-0.2, -0.15) is 13.2 Å². The summed E-state index contributed by atoms with van der Waals surface area (Å²) in [6.45, 7) is 1.62. The third-order valence-electron chi connectivity index (χ3n) is 3.87. The van der Waals surface area contributed by atoms with E-state index in [-0.39, 0.29) is 12.3 Å². The molecular weight excluding hydrogens is 359 g/mol. The van der Waals surface area contributed by atoms with E-state index in [0.717, 1.165) is 0 Å². The second kappa shape index (κ2) is 10.4. The van der Waals surface area contributed by atoms with Gasteiger partial charge in [-0.3, -0.25) is 4.79 Å². The number of nitrogens with zero attached hydrogens (tertiary/aromatic N) is 1. The van der Waals surface area contributed by atoms with E-state index in [1.807, 2.05) is 0 Å². The topological polar surface area (TPSA) is 57.6 Å². The van der Waals surface area contributed by atoms with Gasteiger partial charge in [-0.25, -0.2) is 4.79 Å². The number of amides is 1. The zero-order valence-electron chi connectivity index (χ0n) is 15.1. The molecule has 1 atom stereocenters. The van der Waals surface area contributed by atoms with Gasteiger partial charge in [-0.1, -0.05) is 36.4 Å². The lowest BCUT2D eigenvalue weighted by Gasteiger charge is -2.25. The van der Waals surface area contributed by atoms with Crippen molar-refractivity contribution in [3.05, 3.63) is 71.8 Å². The molecule has 27 heavy (non-hydrogen) atoms. The second-order valence-electron chi connectivity index (χ2n) is 5.96. The average Bonchev–Trinajstić information content (AvgIpc) is 2.66. The predicted molar refractivity (Wildman–Crippen MR) is 96.7 cm³/mol. The van der Waals surface area contributed by atoms with E-state index >= 15 is 0 Å². The quantitative estimate of drug-likeness (QED) is 0.804. The monoisotopic (exact) mass is 381 g/mol. The van der Waals surface area contributed by atoms with E-state index in [4.69, 9.17) is 5.11 Å². The molecule has 2 aromatic carbocycles. The Kier molecular flexibility index (Phi) is 8.51. The summed E-state index contributed by atoms with van der Waals surface area (Å²) in [6.07, 6.45) is -5.13. The molecule has 0 bridgehead atoms. The Morgan fingerprint density at radius 3 is 1.78 bits per heavy atom. The van der Waals surface area contributed by atoms with Crippen LogP contribution in [-0.2, 0) is 0 Å². The molecule has 0 heterocycles. The molecule has 1 N–H and O–H groups in total. The summed E-state index contributed by atoms with van der Waals surface area (Å²) >= 11 is 0. The number of hydrogen-bond donors (Lipinski definition) is 1. The lowest BCUT2D eigenvalue weighted by atomic mass is 10.1. The van der Waals surface area contributed by atoms with Crippen molar-refractivity contribution >= 4 is 11.9 Å². The standard InChI is InChI=1S/C13H16F3NO.C7H6O2/c1-10(8-9-13(14,15)16)17(2)12(18)11-6-4-3-5-7-11;8-7(9)6-4-2-1-3-5-6/h3-7,10H,8-9H2,1-2H3;1-5H,(H,8,9). The van der Waals surface area contributed by atoms with Crippen molar-refractivity contribution in [2.24, 2.45) is 0 Å². The summed E-state index contributed by atoms with van der Waals surface area (Å²) in [6, 6.07) is 16.4. The van der Waals surface area contributed by atoms with Gasteiger partial charge in [-0.15, -0.1) is 0 Å². The summed E-state index contributed by atoms with van der Waals surface area (Å²) in [4.78, 5) is 23.5. The number of hydrogen-bond acceptors (Lipinski definition) is 2. The van der Waals surface area contributed by atoms with Crippen molar-refractivity contribution in [3.8, 4) is 0 Å². The number of carboxylic acids is 1. The summed E-state index contributed by atoms with van der Waals surface area (Å²) in [5.74, 6) is -1.14. The number of carboxylic acid groups (broad SMARTS) is 1. The van der Waals surface area contributed by atoms with Crippen LogP contribution >= 0.6 is 0 Å². The average molecular weight is 381 g/mol. The Labute approximate surface area is 156 Å². The highest BCUT2D eigenvalue weighted by Crippen LogP contribution is 2.23. The Bertz CT molecular complexity index is 718. The van der Waals surface area contributed by atoms with Crippen molar-refractivity contribution in [1.29, 1.82) is 0 Å². The third kappa shape index (κ3) is 8.40. The fourth-order valence-corrected chi connectivity index (χ4v) is 2.13. The van der Waals surface area contributed by atoms with Crippen molar-refractivity contribution in [3.63, 3.8) is 0 Å². The van der Waals surface area contributed by atoms with Crippen LogP contribution in [0, 0.1) is 0 Å². The van der Waals surface area contributed by atoms with Gasteiger partial charge in [0, 0.05) is 25.1 Å². The predicted octanol–water partition coefficient (Wildman–Crippen LogP) is 4.87. The lowest BCUT2D eigenvalue weighted by molar-refractivity contribution is -0.137. The molecule has 1 amide bonds. The number of carbonyl (C=O) groups is 2. The first-order valence-corrected chi connectivity index (χ1v) is 8.29. The van der Waals surface area contributed by atoms with Gasteiger partial charge in [0.1, 0.15) is 0 Å². The molecule has 0 aliphatic heterocycles. The van der Waals surface area contributed by atoms with Gasteiger partial charge in [0.25, 0.3) is 5.91 Å². The van der Waals surface area contributed by atoms with Crippen LogP contribution in [0.15, 0.2) is 60.7 Å². The van der Waals surface area contributed by atoms with Gasteiger partial charge < -0.3 is 10.0 Å². The van der Waals surface area contributed by atoms with Crippen molar-refractivity contribution < 1.29 is 27.9 Å². The molecule has 0 aliphatic rings. The molecular formula is C20H22F3NO3. The van der Waals surface area contributed by atoms with Crippen LogP contribution < -0.4 is 0 Å². The van der Waals surface area contributed by atoms with Gasteiger partial charge in [0.15, 0.2) is 0 Å². The fourth-order valence-electron chi connectivity index (χ4n) is 2.13. The first-order chi connectivity index (χ1) is 12.6. The van der Waals surface area contributed by atoms with E-state index in [0.29, 0.717) is 11.1 Å². The maximum Gasteiger partial charge on any atom is 0.389 e. The van der Waals surface area contributed by atoms with Gasteiger partial charge in [0.2, 0.25) is 0 Å². The van der Waals surface area contributed by atoms with E-state index in [2.05, 4.69) is 0 Å². The van der Waals surface area contributed by atoms with Gasteiger partial charge in [0.05, 0.1) is 5.56 Å². The molecule has 1 unspecified atom stereocenters. The van der Waals surface area contributed by atoms with Gasteiger partial charge in [-0.05, 0) is 37.6 Å². The molecule has 7 heteroatoms. The summed E-state index contributed by atoms with van der Waals surface area (Å²) in [5.41, 5.74) is 0.816. The minimum Gasteiger partial charge on any atom is -0.478 e. The molecule has 0 fully saturated rings. The minimum atomic E-state index is -4.18. The van der Waals surface area contributed by atoms with Crippen molar-refractivity contribution in [1.82, 2.24) is 4.90 Å². The zero-order chi connectivity index (χ0) is 20.4. The van der Waals surface area contributed by atoms with Crippen molar-refractivity contribution in [2.75, 3.05) is 7.05 Å². The van der Waals surface area contributed by atoms with Crippen LogP contribution in [0.5, 0.6) is 0 Å².